The van der Waals surface area contributed by atoms with E-state index in [2.05, 4.69) is 10.2 Å². The average Bonchev–Trinajstić information content (AvgIpc) is 3.41. The zero-order valence-electron chi connectivity index (χ0n) is 23.0. The van der Waals surface area contributed by atoms with E-state index in [-0.39, 0.29) is 23.1 Å². The molecule has 1 aromatic heterocycles. The van der Waals surface area contributed by atoms with Crippen molar-refractivity contribution in [3.05, 3.63) is 47.7 Å². The molecule has 1 N–H and O–H groups in total. The van der Waals surface area contributed by atoms with Gasteiger partial charge in [0, 0.05) is 32.3 Å². The zero-order chi connectivity index (χ0) is 28.3. The number of benzene rings is 1. The van der Waals surface area contributed by atoms with E-state index in [4.69, 9.17) is 9.15 Å². The van der Waals surface area contributed by atoms with E-state index in [0.29, 0.717) is 63.7 Å². The summed E-state index contributed by atoms with van der Waals surface area (Å²) < 4.78 is 51.6. The molecule has 1 saturated carbocycles. The summed E-state index contributed by atoms with van der Waals surface area (Å²) in [7, 11) is 1.59. The highest BCUT2D eigenvalue weighted by atomic mass is 19.4. The Morgan fingerprint density at radius 3 is 2.48 bits per heavy atom. The summed E-state index contributed by atoms with van der Waals surface area (Å²) >= 11 is 0. The van der Waals surface area contributed by atoms with Crippen LogP contribution in [0.1, 0.15) is 62.7 Å². The number of methoxy groups -OCH3 is 1. The van der Waals surface area contributed by atoms with Gasteiger partial charge in [0.2, 0.25) is 11.8 Å². The second-order valence-electron chi connectivity index (χ2n) is 11.4. The van der Waals surface area contributed by atoms with Gasteiger partial charge in [-0.3, -0.25) is 14.5 Å². The summed E-state index contributed by atoms with van der Waals surface area (Å²) in [5.74, 6) is 1.08. The molecule has 3 heterocycles. The fourth-order valence-corrected chi connectivity index (χ4v) is 6.65. The van der Waals surface area contributed by atoms with Crippen LogP contribution >= 0.6 is 0 Å². The van der Waals surface area contributed by atoms with Crippen LogP contribution in [0.25, 0.3) is 11.3 Å². The maximum Gasteiger partial charge on any atom is 0.417 e. The van der Waals surface area contributed by atoms with Crippen molar-refractivity contribution in [2.75, 3.05) is 33.4 Å². The first-order valence-electron chi connectivity index (χ1n) is 14.3. The van der Waals surface area contributed by atoms with Crippen LogP contribution in [0.2, 0.25) is 0 Å². The maximum atomic E-state index is 13.7. The zero-order valence-corrected chi connectivity index (χ0v) is 23.0. The molecule has 1 unspecified atom stereocenters. The molecule has 2 aliphatic heterocycles. The first kappa shape index (κ1) is 28.7. The van der Waals surface area contributed by atoms with Gasteiger partial charge in [-0.25, -0.2) is 0 Å². The summed E-state index contributed by atoms with van der Waals surface area (Å²) in [6.45, 7) is 2.22. The first-order chi connectivity index (χ1) is 19.2. The molecule has 40 heavy (non-hydrogen) atoms. The van der Waals surface area contributed by atoms with E-state index >= 15 is 0 Å². The third-order valence-corrected chi connectivity index (χ3v) is 8.84. The number of rotatable bonds is 8. The standard InChI is InChI=1S/C30H38F3N3O4/c1-39-18-17-36-27(37)25(19-21-7-3-2-4-8-21)34-28(38)29(36)13-15-35(16-14-29)20-22-11-12-26(40-22)23-9-5-6-10-24(23)30(31,32)33/h5-6,9-12,21,25H,2-4,7-8,13-20H2,1H3,(H,34,38). The molecule has 2 amide bonds. The number of likely N-dealkylation sites (tertiary alicyclic amines) is 1. The number of alkyl halides is 3. The lowest BCUT2D eigenvalue weighted by atomic mass is 9.79. The summed E-state index contributed by atoms with van der Waals surface area (Å²) in [6.07, 6.45) is 2.95. The maximum absolute atomic E-state index is 13.7. The molecular weight excluding hydrogens is 523 g/mol. The normalized spacial score (nSPS) is 22.6. The van der Waals surface area contributed by atoms with Gasteiger partial charge in [0.1, 0.15) is 23.1 Å². The molecule has 5 rings (SSSR count). The second-order valence-corrected chi connectivity index (χ2v) is 11.4. The van der Waals surface area contributed by atoms with Crippen LogP contribution < -0.4 is 5.32 Å². The summed E-state index contributed by atoms with van der Waals surface area (Å²) in [6, 6.07) is 8.15. The molecule has 2 aromatic rings. The molecule has 10 heteroatoms. The number of furan rings is 1. The van der Waals surface area contributed by atoms with Crippen LogP contribution in [0.4, 0.5) is 13.2 Å². The second kappa shape index (κ2) is 11.9. The van der Waals surface area contributed by atoms with Gasteiger partial charge in [0.25, 0.3) is 0 Å². The summed E-state index contributed by atoms with van der Waals surface area (Å²) in [5, 5.41) is 3.08. The first-order valence-corrected chi connectivity index (χ1v) is 14.3. The van der Waals surface area contributed by atoms with Gasteiger partial charge in [0.05, 0.1) is 18.7 Å². The number of carbonyl (C=O) groups excluding carboxylic acids is 2. The van der Waals surface area contributed by atoms with Gasteiger partial charge in [0.15, 0.2) is 0 Å². The number of nitrogens with zero attached hydrogens (tertiary/aromatic N) is 2. The number of nitrogens with one attached hydrogen (secondary N) is 1. The minimum absolute atomic E-state index is 0.00722. The van der Waals surface area contributed by atoms with E-state index < -0.39 is 23.3 Å². The highest BCUT2D eigenvalue weighted by molar-refractivity contribution is 6.00. The number of halogens is 3. The van der Waals surface area contributed by atoms with Gasteiger partial charge < -0.3 is 19.4 Å². The largest absolute Gasteiger partial charge is 0.460 e. The predicted octanol–water partition coefficient (Wildman–Crippen LogP) is 5.24. The number of ether oxygens (including phenoxy) is 1. The molecule has 7 nitrogen and oxygen atoms in total. The summed E-state index contributed by atoms with van der Waals surface area (Å²) in [4.78, 5) is 31.2. The van der Waals surface area contributed by atoms with Gasteiger partial charge in [-0.2, -0.15) is 13.2 Å². The third-order valence-electron chi connectivity index (χ3n) is 8.84. The lowest BCUT2D eigenvalue weighted by Gasteiger charge is -2.52. The van der Waals surface area contributed by atoms with Crippen LogP contribution in [-0.4, -0.2) is 66.5 Å². The molecule has 2 saturated heterocycles. The quantitative estimate of drug-likeness (QED) is 0.477. The molecule has 218 valence electrons. The van der Waals surface area contributed by atoms with Crippen molar-refractivity contribution in [2.45, 2.75) is 75.7 Å². The Hall–Kier alpha value is -2.85. The van der Waals surface area contributed by atoms with Crippen molar-refractivity contribution in [1.82, 2.24) is 15.1 Å². The van der Waals surface area contributed by atoms with Crippen molar-refractivity contribution in [3.8, 4) is 11.3 Å². The van der Waals surface area contributed by atoms with E-state index in [9.17, 15) is 22.8 Å². The Balaban J connectivity index is 1.25. The van der Waals surface area contributed by atoms with Crippen molar-refractivity contribution in [1.29, 1.82) is 0 Å². The highest BCUT2D eigenvalue weighted by Gasteiger charge is 2.53. The third kappa shape index (κ3) is 5.93. The predicted molar refractivity (Wildman–Crippen MR) is 143 cm³/mol. The molecule has 3 fully saturated rings. The Kier molecular flexibility index (Phi) is 8.56. The minimum Gasteiger partial charge on any atom is -0.460 e. The molecule has 3 aliphatic rings. The fourth-order valence-electron chi connectivity index (χ4n) is 6.65. The van der Waals surface area contributed by atoms with E-state index in [1.54, 1.807) is 30.2 Å². The molecule has 1 spiro atoms. The lowest BCUT2D eigenvalue weighted by Crippen LogP contribution is -2.73. The molecule has 0 radical (unpaired) electrons. The fraction of sp³-hybridized carbons (Fsp3) is 0.600. The number of piperazine rings is 1. The highest BCUT2D eigenvalue weighted by Crippen LogP contribution is 2.39. The smallest absolute Gasteiger partial charge is 0.417 e. The van der Waals surface area contributed by atoms with E-state index in [1.165, 1.54) is 31.4 Å². The molecule has 1 aromatic carbocycles. The molecule has 1 atom stereocenters. The Morgan fingerprint density at radius 1 is 1.05 bits per heavy atom. The topological polar surface area (TPSA) is 75.0 Å². The number of carbonyl (C=O) groups is 2. The van der Waals surface area contributed by atoms with Crippen LogP contribution in [0.15, 0.2) is 40.8 Å². The van der Waals surface area contributed by atoms with Crippen LogP contribution in [0.5, 0.6) is 0 Å². The van der Waals surface area contributed by atoms with Crippen LogP contribution in [0, 0.1) is 5.92 Å². The summed E-state index contributed by atoms with van der Waals surface area (Å²) in [5.41, 5.74) is -1.65. The number of hydrogen-bond donors (Lipinski definition) is 1. The van der Waals surface area contributed by atoms with Crippen molar-refractivity contribution in [2.24, 2.45) is 5.92 Å². The average molecular weight is 562 g/mol. The lowest BCUT2D eigenvalue weighted by molar-refractivity contribution is -0.162. The monoisotopic (exact) mass is 561 g/mol. The van der Waals surface area contributed by atoms with Crippen molar-refractivity contribution < 1.29 is 31.9 Å². The van der Waals surface area contributed by atoms with Gasteiger partial charge >= 0.3 is 6.18 Å². The van der Waals surface area contributed by atoms with E-state index in [1.807, 2.05) is 0 Å². The Morgan fingerprint density at radius 2 is 1.77 bits per heavy atom. The minimum atomic E-state index is -4.48. The number of hydrogen-bond acceptors (Lipinski definition) is 5. The Bertz CT molecular complexity index is 1180. The number of piperidine rings is 1. The molecular formula is C30H38F3N3O4. The van der Waals surface area contributed by atoms with Crippen LogP contribution in [0.3, 0.4) is 0 Å². The van der Waals surface area contributed by atoms with Crippen LogP contribution in [-0.2, 0) is 27.0 Å². The Labute approximate surface area is 233 Å². The van der Waals surface area contributed by atoms with Gasteiger partial charge in [-0.05, 0) is 43.4 Å². The van der Waals surface area contributed by atoms with Gasteiger partial charge in [-0.1, -0.05) is 50.3 Å². The van der Waals surface area contributed by atoms with Gasteiger partial charge in [-0.15, -0.1) is 0 Å². The van der Waals surface area contributed by atoms with Crippen molar-refractivity contribution >= 4 is 11.8 Å². The van der Waals surface area contributed by atoms with E-state index in [0.717, 1.165) is 18.9 Å². The SMILES string of the molecule is COCCN1C(=O)C(CC2CCCCC2)NC(=O)C12CCN(Cc1ccc(-c3ccccc3C(F)(F)F)o1)CC2. The number of amides is 2. The molecule has 1 aliphatic carbocycles. The molecule has 0 bridgehead atoms. The van der Waals surface area contributed by atoms with Crippen molar-refractivity contribution in [3.63, 3.8) is 0 Å².